The van der Waals surface area contributed by atoms with Crippen LogP contribution in [-0.4, -0.2) is 44.2 Å². The molecule has 0 radical (unpaired) electrons. The number of benzene rings is 1. The average Bonchev–Trinajstić information content (AvgIpc) is 2.97. The third-order valence-corrected chi connectivity index (χ3v) is 4.58. The number of hydrogen-bond donors (Lipinski definition) is 1. The number of rotatable bonds is 3. The molecule has 0 saturated carbocycles. The van der Waals surface area contributed by atoms with E-state index in [0.29, 0.717) is 18.8 Å². The summed E-state index contributed by atoms with van der Waals surface area (Å²) in [7, 11) is 1.82. The molecule has 1 aliphatic heterocycles. The number of aliphatic hydroxyl groups is 1. The van der Waals surface area contributed by atoms with Gasteiger partial charge in [-0.15, -0.1) is 0 Å². The van der Waals surface area contributed by atoms with Crippen molar-refractivity contribution in [2.45, 2.75) is 38.3 Å². The van der Waals surface area contributed by atoms with E-state index in [9.17, 15) is 9.90 Å². The minimum absolute atomic E-state index is 0.103. The van der Waals surface area contributed by atoms with Gasteiger partial charge in [0.2, 0.25) is 0 Å². The second-order valence-corrected chi connectivity index (χ2v) is 6.33. The average molecular weight is 313 g/mol. The quantitative estimate of drug-likeness (QED) is 0.942. The second-order valence-electron chi connectivity index (χ2n) is 6.33. The highest BCUT2D eigenvalue weighted by Gasteiger charge is 2.34. The van der Waals surface area contributed by atoms with E-state index >= 15 is 0 Å². The van der Waals surface area contributed by atoms with Crippen LogP contribution in [0.2, 0.25) is 0 Å². The molecule has 5 nitrogen and oxygen atoms in total. The van der Waals surface area contributed by atoms with Gasteiger partial charge < -0.3 is 14.6 Å². The molecule has 5 heteroatoms. The number of carbonyl (C=O) groups excluding carboxylic acids is 1. The lowest BCUT2D eigenvalue weighted by Crippen LogP contribution is -2.52. The maximum Gasteiger partial charge on any atom is 0.290 e. The van der Waals surface area contributed by atoms with Crippen LogP contribution >= 0.6 is 0 Å². The first-order chi connectivity index (χ1) is 11.1. The molecule has 2 aromatic rings. The van der Waals surface area contributed by atoms with E-state index in [0.717, 1.165) is 18.4 Å². The molecule has 0 aliphatic carbocycles. The SMILES string of the molecule is Cc1ccc(C[C@H]2[C@@H](O)CCCN2C(=O)c2nccn2C)cc1. The van der Waals surface area contributed by atoms with Gasteiger partial charge in [0.15, 0.2) is 5.82 Å². The van der Waals surface area contributed by atoms with Crippen LogP contribution in [0.1, 0.15) is 34.6 Å². The largest absolute Gasteiger partial charge is 0.391 e. The Morgan fingerprint density at radius 2 is 2.09 bits per heavy atom. The number of aryl methyl sites for hydroxylation is 2. The minimum atomic E-state index is -0.491. The molecular weight excluding hydrogens is 290 g/mol. The summed E-state index contributed by atoms with van der Waals surface area (Å²) in [6, 6.07) is 8.07. The first kappa shape index (κ1) is 15.7. The van der Waals surface area contributed by atoms with Crippen molar-refractivity contribution in [1.29, 1.82) is 0 Å². The third-order valence-electron chi connectivity index (χ3n) is 4.58. The molecule has 0 bridgehead atoms. The maximum atomic E-state index is 12.8. The van der Waals surface area contributed by atoms with Gasteiger partial charge in [0, 0.05) is 26.0 Å². The van der Waals surface area contributed by atoms with E-state index in [1.165, 1.54) is 5.56 Å². The highest BCUT2D eigenvalue weighted by Crippen LogP contribution is 2.23. The van der Waals surface area contributed by atoms with Crippen LogP contribution in [0, 0.1) is 6.92 Å². The van der Waals surface area contributed by atoms with Gasteiger partial charge in [-0.2, -0.15) is 0 Å². The van der Waals surface area contributed by atoms with E-state index in [1.807, 2.05) is 7.05 Å². The molecule has 1 aromatic carbocycles. The van der Waals surface area contributed by atoms with Gasteiger partial charge >= 0.3 is 0 Å². The van der Waals surface area contributed by atoms with Crippen LogP contribution in [0.5, 0.6) is 0 Å². The fourth-order valence-corrected chi connectivity index (χ4v) is 3.20. The lowest BCUT2D eigenvalue weighted by Gasteiger charge is -2.39. The number of aromatic nitrogens is 2. The van der Waals surface area contributed by atoms with Crippen molar-refractivity contribution >= 4 is 5.91 Å². The number of aliphatic hydroxyl groups excluding tert-OH is 1. The standard InChI is InChI=1S/C18H23N3O2/c1-13-5-7-14(8-6-13)12-15-16(22)4-3-10-21(15)18(23)17-19-9-11-20(17)2/h5-9,11,15-16,22H,3-4,10,12H2,1-2H3/t15-,16-/m0/s1. The minimum Gasteiger partial charge on any atom is -0.391 e. The van der Waals surface area contributed by atoms with Gasteiger partial charge in [-0.05, 0) is 31.7 Å². The number of piperidine rings is 1. The molecule has 3 rings (SSSR count). The molecule has 2 atom stereocenters. The summed E-state index contributed by atoms with van der Waals surface area (Å²) in [5.41, 5.74) is 2.35. The highest BCUT2D eigenvalue weighted by molar-refractivity contribution is 5.91. The van der Waals surface area contributed by atoms with E-state index in [2.05, 4.69) is 36.2 Å². The molecule has 122 valence electrons. The number of carbonyl (C=O) groups is 1. The molecule has 23 heavy (non-hydrogen) atoms. The van der Waals surface area contributed by atoms with E-state index < -0.39 is 6.10 Å². The predicted molar refractivity (Wildman–Crippen MR) is 88.2 cm³/mol. The van der Waals surface area contributed by atoms with Crippen LogP contribution < -0.4 is 0 Å². The van der Waals surface area contributed by atoms with Crippen LogP contribution in [0.4, 0.5) is 0 Å². The zero-order valence-corrected chi connectivity index (χ0v) is 13.6. The van der Waals surface area contributed by atoms with Gasteiger partial charge in [-0.3, -0.25) is 4.79 Å². The second kappa shape index (κ2) is 6.54. The Labute approximate surface area is 136 Å². The lowest BCUT2D eigenvalue weighted by molar-refractivity contribution is 0.0109. The van der Waals surface area contributed by atoms with Crippen molar-refractivity contribution in [3.63, 3.8) is 0 Å². The van der Waals surface area contributed by atoms with Crippen molar-refractivity contribution < 1.29 is 9.90 Å². The Kier molecular flexibility index (Phi) is 4.48. The number of likely N-dealkylation sites (tertiary alicyclic amines) is 1. The summed E-state index contributed by atoms with van der Waals surface area (Å²) in [6.45, 7) is 2.72. The van der Waals surface area contributed by atoms with Crippen molar-refractivity contribution in [3.05, 3.63) is 53.6 Å². The molecule has 1 saturated heterocycles. The fraction of sp³-hybridized carbons (Fsp3) is 0.444. The Hall–Kier alpha value is -2.14. The molecular formula is C18H23N3O2. The van der Waals surface area contributed by atoms with Crippen LogP contribution in [0.15, 0.2) is 36.7 Å². The molecule has 0 unspecified atom stereocenters. The van der Waals surface area contributed by atoms with Crippen molar-refractivity contribution in [2.75, 3.05) is 6.54 Å². The van der Waals surface area contributed by atoms with Gasteiger partial charge in [0.25, 0.3) is 5.91 Å². The third kappa shape index (κ3) is 3.29. The fourth-order valence-electron chi connectivity index (χ4n) is 3.20. The number of nitrogens with zero attached hydrogens (tertiary/aromatic N) is 3. The number of hydrogen-bond acceptors (Lipinski definition) is 3. The Balaban J connectivity index is 1.83. The summed E-state index contributed by atoms with van der Waals surface area (Å²) in [5, 5.41) is 10.4. The van der Waals surface area contributed by atoms with Gasteiger partial charge in [-0.25, -0.2) is 4.98 Å². The lowest BCUT2D eigenvalue weighted by atomic mass is 9.92. The topological polar surface area (TPSA) is 58.4 Å². The summed E-state index contributed by atoms with van der Waals surface area (Å²) in [5.74, 6) is 0.321. The zero-order valence-electron chi connectivity index (χ0n) is 13.6. The zero-order chi connectivity index (χ0) is 16.4. The smallest absolute Gasteiger partial charge is 0.290 e. The monoisotopic (exact) mass is 313 g/mol. The normalized spacial score (nSPS) is 21.4. The first-order valence-corrected chi connectivity index (χ1v) is 8.08. The van der Waals surface area contributed by atoms with Gasteiger partial charge in [-0.1, -0.05) is 29.8 Å². The van der Waals surface area contributed by atoms with Crippen LogP contribution in [-0.2, 0) is 13.5 Å². The Bertz CT molecular complexity index is 678. The number of amides is 1. The highest BCUT2D eigenvalue weighted by atomic mass is 16.3. The molecule has 2 heterocycles. The van der Waals surface area contributed by atoms with Crippen molar-refractivity contribution in [3.8, 4) is 0 Å². The van der Waals surface area contributed by atoms with Gasteiger partial charge in [0.1, 0.15) is 0 Å². The Morgan fingerprint density at radius 1 is 1.35 bits per heavy atom. The maximum absolute atomic E-state index is 12.8. The van der Waals surface area contributed by atoms with Crippen molar-refractivity contribution in [1.82, 2.24) is 14.5 Å². The molecule has 1 amide bonds. The summed E-state index contributed by atoms with van der Waals surface area (Å²) >= 11 is 0. The van der Waals surface area contributed by atoms with Crippen LogP contribution in [0.25, 0.3) is 0 Å². The number of imidazole rings is 1. The molecule has 1 fully saturated rings. The summed E-state index contributed by atoms with van der Waals surface area (Å²) < 4.78 is 1.73. The molecule has 1 aliphatic rings. The Morgan fingerprint density at radius 3 is 2.74 bits per heavy atom. The molecule has 1 aromatic heterocycles. The van der Waals surface area contributed by atoms with E-state index in [1.54, 1.807) is 21.9 Å². The van der Waals surface area contributed by atoms with E-state index in [-0.39, 0.29) is 11.9 Å². The first-order valence-electron chi connectivity index (χ1n) is 8.08. The van der Waals surface area contributed by atoms with Gasteiger partial charge in [0.05, 0.1) is 12.1 Å². The van der Waals surface area contributed by atoms with Crippen molar-refractivity contribution in [2.24, 2.45) is 7.05 Å². The predicted octanol–water partition coefficient (Wildman–Crippen LogP) is 1.94. The summed E-state index contributed by atoms with van der Waals surface area (Å²) in [6.07, 6.45) is 5.13. The molecule has 1 N–H and O–H groups in total. The molecule has 0 spiro atoms. The van der Waals surface area contributed by atoms with E-state index in [4.69, 9.17) is 0 Å². The van der Waals surface area contributed by atoms with Crippen LogP contribution in [0.3, 0.4) is 0 Å². The summed E-state index contributed by atoms with van der Waals surface area (Å²) in [4.78, 5) is 18.8.